The van der Waals surface area contributed by atoms with E-state index in [0.29, 0.717) is 29.8 Å². The van der Waals surface area contributed by atoms with Crippen molar-refractivity contribution in [2.45, 2.75) is 18.6 Å². The Morgan fingerprint density at radius 1 is 1.03 bits per heavy atom. The van der Waals surface area contributed by atoms with Crippen molar-refractivity contribution in [1.82, 2.24) is 10.2 Å². The van der Waals surface area contributed by atoms with Crippen molar-refractivity contribution < 1.29 is 19.0 Å². The number of carbonyl (C=O) groups excluding carboxylic acids is 1. The van der Waals surface area contributed by atoms with Crippen LogP contribution in [0.5, 0.6) is 0 Å². The number of nitrogens with zero attached hydrogens (tertiary/aromatic N) is 3. The van der Waals surface area contributed by atoms with Gasteiger partial charge >= 0.3 is 0 Å². The molecule has 4 aliphatic rings. The summed E-state index contributed by atoms with van der Waals surface area (Å²) in [4.78, 5) is 22.3. The number of amidine groups is 1. The van der Waals surface area contributed by atoms with E-state index in [9.17, 15) is 4.79 Å². The summed E-state index contributed by atoms with van der Waals surface area (Å²) in [7, 11) is 0. The topological polar surface area (TPSA) is 75.6 Å². The van der Waals surface area contributed by atoms with Crippen LogP contribution < -0.4 is 10.2 Å². The first kappa shape index (κ1) is 21.9. The summed E-state index contributed by atoms with van der Waals surface area (Å²) >= 11 is 1.41. The van der Waals surface area contributed by atoms with E-state index in [-0.39, 0.29) is 11.7 Å². The Hall–Kier alpha value is -1.91. The first-order chi connectivity index (χ1) is 15.7. The molecule has 4 heterocycles. The Morgan fingerprint density at radius 2 is 1.75 bits per heavy atom. The number of carbonyl (C=O) groups is 1. The quantitative estimate of drug-likeness (QED) is 0.676. The lowest BCUT2D eigenvalue weighted by Crippen LogP contribution is -2.45. The standard InChI is InChI=1S/C23H30N4O4S/c28-21-20(32-22(25-21)24-7-10-26-11-13-29-14-12-26)17-18-1-3-19(4-2-18)27-8-5-23(6-9-27)30-15-16-31-23/h1-4,17H,5-16H2,(H,24,25,28). The normalized spacial score (nSPS) is 26.4. The summed E-state index contributed by atoms with van der Waals surface area (Å²) in [6.45, 7) is 8.29. The van der Waals surface area contributed by atoms with Crippen molar-refractivity contribution in [3.63, 3.8) is 0 Å². The summed E-state index contributed by atoms with van der Waals surface area (Å²) in [5, 5.41) is 3.56. The molecule has 0 bridgehead atoms. The van der Waals surface area contributed by atoms with Crippen LogP contribution in [0.3, 0.4) is 0 Å². The fourth-order valence-electron chi connectivity index (χ4n) is 4.44. The predicted molar refractivity (Wildman–Crippen MR) is 126 cm³/mol. The molecular formula is C23H30N4O4S. The molecule has 1 N–H and O–H groups in total. The molecule has 1 aromatic rings. The van der Waals surface area contributed by atoms with Crippen molar-refractivity contribution in [3.8, 4) is 0 Å². The van der Waals surface area contributed by atoms with Crippen molar-refractivity contribution in [3.05, 3.63) is 34.7 Å². The van der Waals surface area contributed by atoms with Gasteiger partial charge < -0.3 is 24.4 Å². The van der Waals surface area contributed by atoms with E-state index < -0.39 is 0 Å². The second kappa shape index (κ2) is 9.93. The summed E-state index contributed by atoms with van der Waals surface area (Å²) in [5.41, 5.74) is 2.20. The highest BCUT2D eigenvalue weighted by atomic mass is 32.2. The highest BCUT2D eigenvalue weighted by Gasteiger charge is 2.39. The molecule has 1 spiro atoms. The van der Waals surface area contributed by atoms with Gasteiger partial charge in [-0.3, -0.25) is 14.7 Å². The van der Waals surface area contributed by atoms with Gasteiger partial charge in [-0.05, 0) is 35.5 Å². The second-order valence-electron chi connectivity index (χ2n) is 8.39. The van der Waals surface area contributed by atoms with Crippen LogP contribution in [-0.4, -0.2) is 87.5 Å². The van der Waals surface area contributed by atoms with Gasteiger partial charge in [-0.15, -0.1) is 0 Å². The van der Waals surface area contributed by atoms with Crippen molar-refractivity contribution in [2.24, 2.45) is 4.99 Å². The SMILES string of the molecule is O=C1NC(=NCCN2CCOCC2)SC1=Cc1ccc(N2CCC3(CC2)OCCO3)cc1. The number of benzene rings is 1. The molecule has 0 unspecified atom stereocenters. The maximum absolute atomic E-state index is 12.4. The van der Waals surface area contributed by atoms with Crippen molar-refractivity contribution in [1.29, 1.82) is 0 Å². The first-order valence-corrected chi connectivity index (χ1v) is 12.2. The number of ether oxygens (including phenoxy) is 3. The Kier molecular flexibility index (Phi) is 6.80. The van der Waals surface area contributed by atoms with Gasteiger partial charge in [0.2, 0.25) is 0 Å². The molecule has 4 saturated heterocycles. The van der Waals surface area contributed by atoms with Gasteiger partial charge in [-0.25, -0.2) is 0 Å². The van der Waals surface area contributed by atoms with E-state index in [0.717, 1.165) is 64.3 Å². The Morgan fingerprint density at radius 3 is 2.47 bits per heavy atom. The summed E-state index contributed by atoms with van der Waals surface area (Å²) in [6, 6.07) is 8.37. The Labute approximate surface area is 193 Å². The second-order valence-corrected chi connectivity index (χ2v) is 9.42. The third-order valence-corrected chi connectivity index (χ3v) is 7.27. The average Bonchev–Trinajstić information content (AvgIpc) is 3.42. The van der Waals surface area contributed by atoms with Crippen LogP contribution >= 0.6 is 11.8 Å². The van der Waals surface area contributed by atoms with Crippen molar-refractivity contribution in [2.75, 3.05) is 70.6 Å². The first-order valence-electron chi connectivity index (χ1n) is 11.4. The zero-order chi connectivity index (χ0) is 21.8. The van der Waals surface area contributed by atoms with E-state index in [4.69, 9.17) is 14.2 Å². The molecule has 1 aromatic carbocycles. The third kappa shape index (κ3) is 5.18. The third-order valence-electron chi connectivity index (χ3n) is 6.32. The highest BCUT2D eigenvalue weighted by molar-refractivity contribution is 8.18. The lowest BCUT2D eigenvalue weighted by molar-refractivity contribution is -0.169. The molecule has 172 valence electrons. The van der Waals surface area contributed by atoms with Gasteiger partial charge in [0.05, 0.1) is 37.9 Å². The number of morpholine rings is 1. The molecule has 1 amide bonds. The molecule has 0 aromatic heterocycles. The van der Waals surface area contributed by atoms with Crippen LogP contribution in [0, 0.1) is 0 Å². The minimum absolute atomic E-state index is 0.0814. The largest absolute Gasteiger partial charge is 0.379 e. The Bertz CT molecular complexity index is 866. The molecule has 9 heteroatoms. The number of piperidine rings is 1. The zero-order valence-corrected chi connectivity index (χ0v) is 19.1. The number of hydrogen-bond donors (Lipinski definition) is 1. The number of rotatable bonds is 5. The van der Waals surface area contributed by atoms with Crippen LogP contribution in [0.25, 0.3) is 6.08 Å². The molecule has 32 heavy (non-hydrogen) atoms. The molecule has 5 rings (SSSR count). The summed E-state index contributed by atoms with van der Waals surface area (Å²) in [5.74, 6) is -0.433. The van der Waals surface area contributed by atoms with Gasteiger partial charge in [0.1, 0.15) is 0 Å². The van der Waals surface area contributed by atoms with Gasteiger partial charge in [0.15, 0.2) is 11.0 Å². The van der Waals surface area contributed by atoms with Gasteiger partial charge in [-0.1, -0.05) is 12.1 Å². The number of anilines is 1. The zero-order valence-electron chi connectivity index (χ0n) is 18.3. The van der Waals surface area contributed by atoms with E-state index in [1.165, 1.54) is 17.4 Å². The van der Waals surface area contributed by atoms with Gasteiger partial charge in [0.25, 0.3) is 5.91 Å². The lowest BCUT2D eigenvalue weighted by atomic mass is 10.0. The summed E-state index contributed by atoms with van der Waals surface area (Å²) < 4.78 is 17.0. The van der Waals surface area contributed by atoms with E-state index in [1.54, 1.807) is 0 Å². The molecular weight excluding hydrogens is 428 g/mol. The number of hydrogen-bond acceptors (Lipinski definition) is 8. The maximum atomic E-state index is 12.4. The molecule has 0 saturated carbocycles. The molecule has 4 fully saturated rings. The van der Waals surface area contributed by atoms with Crippen LogP contribution in [0.2, 0.25) is 0 Å². The van der Waals surface area contributed by atoms with Crippen LogP contribution in [0.1, 0.15) is 18.4 Å². The van der Waals surface area contributed by atoms with Crippen LogP contribution in [0.15, 0.2) is 34.2 Å². The van der Waals surface area contributed by atoms with Crippen molar-refractivity contribution >= 4 is 34.6 Å². The molecule has 8 nitrogen and oxygen atoms in total. The minimum Gasteiger partial charge on any atom is -0.379 e. The van der Waals surface area contributed by atoms with E-state index in [2.05, 4.69) is 44.4 Å². The van der Waals surface area contributed by atoms with E-state index >= 15 is 0 Å². The summed E-state index contributed by atoms with van der Waals surface area (Å²) in [6.07, 6.45) is 3.71. The smallest absolute Gasteiger partial charge is 0.264 e. The average molecular weight is 459 g/mol. The molecule has 4 aliphatic heterocycles. The molecule has 0 radical (unpaired) electrons. The predicted octanol–water partition coefficient (Wildman–Crippen LogP) is 1.92. The van der Waals surface area contributed by atoms with Crippen LogP contribution in [-0.2, 0) is 19.0 Å². The minimum atomic E-state index is -0.352. The number of aliphatic imine (C=N–C) groups is 1. The van der Waals surface area contributed by atoms with E-state index in [1.807, 2.05) is 6.08 Å². The fourth-order valence-corrected chi connectivity index (χ4v) is 5.29. The monoisotopic (exact) mass is 458 g/mol. The maximum Gasteiger partial charge on any atom is 0.264 e. The molecule has 0 atom stereocenters. The van der Waals surface area contributed by atoms with Gasteiger partial charge in [-0.2, -0.15) is 0 Å². The van der Waals surface area contributed by atoms with Crippen LogP contribution in [0.4, 0.5) is 5.69 Å². The number of thioether (sulfide) groups is 1. The lowest BCUT2D eigenvalue weighted by Gasteiger charge is -2.38. The molecule has 0 aliphatic carbocycles. The fraction of sp³-hybridized carbons (Fsp3) is 0.565. The van der Waals surface area contributed by atoms with Gasteiger partial charge in [0, 0.05) is 51.3 Å². The number of amides is 1. The number of nitrogens with one attached hydrogen (secondary N) is 1. The highest BCUT2D eigenvalue weighted by Crippen LogP contribution is 2.33. The Balaban J connectivity index is 1.14.